The summed E-state index contributed by atoms with van der Waals surface area (Å²) in [5.41, 5.74) is 0.467. The molecule has 1 aromatic carbocycles. The van der Waals surface area contributed by atoms with Gasteiger partial charge in [-0.3, -0.25) is 4.79 Å². The molecule has 0 aliphatic carbocycles. The zero-order valence-corrected chi connectivity index (χ0v) is 13.7. The maximum Gasteiger partial charge on any atom is 0.338 e. The molecule has 8 nitrogen and oxygen atoms in total. The second-order valence-corrected chi connectivity index (χ2v) is 6.06. The van der Waals surface area contributed by atoms with Gasteiger partial charge in [-0.15, -0.1) is 0 Å². The van der Waals surface area contributed by atoms with Gasteiger partial charge in [0.25, 0.3) is 0 Å². The number of aromatic hydroxyl groups is 1. The van der Waals surface area contributed by atoms with Crippen LogP contribution in [-0.2, 0) is 20.1 Å². The second-order valence-electron chi connectivity index (χ2n) is 5.03. The number of hydrogen-bond acceptors (Lipinski definition) is 7. The largest absolute Gasteiger partial charge is 0.507 e. The van der Waals surface area contributed by atoms with Gasteiger partial charge in [0.15, 0.2) is 0 Å². The number of methoxy groups -OCH3 is 1. The molecule has 130 valence electrons. The van der Waals surface area contributed by atoms with Gasteiger partial charge in [0, 0.05) is 23.1 Å². The highest BCUT2D eigenvalue weighted by molar-refractivity contribution is 7.98. The third kappa shape index (κ3) is 4.31. The fourth-order valence-corrected chi connectivity index (χ4v) is 3.20. The summed E-state index contributed by atoms with van der Waals surface area (Å²) in [5, 5.41) is 21.6. The molecule has 0 saturated heterocycles. The first-order chi connectivity index (χ1) is 11.4. The van der Waals surface area contributed by atoms with Crippen molar-refractivity contribution in [3.63, 3.8) is 0 Å². The van der Waals surface area contributed by atoms with Gasteiger partial charge in [0.05, 0.1) is 19.1 Å². The summed E-state index contributed by atoms with van der Waals surface area (Å²) in [6, 6.07) is 1.76. The van der Waals surface area contributed by atoms with Gasteiger partial charge >= 0.3 is 11.9 Å². The highest BCUT2D eigenvalue weighted by atomic mass is 32.2. The van der Waals surface area contributed by atoms with Crippen LogP contribution in [0.1, 0.15) is 22.3 Å². The summed E-state index contributed by atoms with van der Waals surface area (Å²) >= 11 is 1.17. The number of carboxylic acids is 1. The molecule has 1 atom stereocenters. The number of esters is 1. The van der Waals surface area contributed by atoms with E-state index in [0.29, 0.717) is 11.3 Å². The van der Waals surface area contributed by atoms with Crippen LogP contribution >= 0.6 is 11.8 Å². The van der Waals surface area contributed by atoms with Crippen LogP contribution in [0.25, 0.3) is 0 Å². The maximum atomic E-state index is 12.2. The molecule has 1 amide bonds. The van der Waals surface area contributed by atoms with Crippen LogP contribution in [0.5, 0.6) is 11.5 Å². The Hall–Kier alpha value is -2.42. The van der Waals surface area contributed by atoms with E-state index >= 15 is 0 Å². The average molecular weight is 355 g/mol. The minimum absolute atomic E-state index is 0.0982. The minimum atomic E-state index is -1.15. The fraction of sp³-hybridized carbons (Fsp3) is 0.400. The molecule has 1 aliphatic heterocycles. The topological polar surface area (TPSA) is 122 Å². The molecule has 0 bridgehead atoms. The molecule has 2 rings (SSSR count). The first kappa shape index (κ1) is 17.9. The molecular weight excluding hydrogens is 338 g/mol. The maximum absolute atomic E-state index is 12.2. The summed E-state index contributed by atoms with van der Waals surface area (Å²) in [6.07, 6.45) is -0.147. The van der Waals surface area contributed by atoms with Crippen LogP contribution in [0.3, 0.4) is 0 Å². The van der Waals surface area contributed by atoms with Crippen molar-refractivity contribution in [1.82, 2.24) is 5.32 Å². The van der Waals surface area contributed by atoms with E-state index in [4.69, 9.17) is 14.6 Å². The molecule has 24 heavy (non-hydrogen) atoms. The lowest BCUT2D eigenvalue weighted by Crippen LogP contribution is -2.43. The number of carbonyl (C=O) groups is 3. The number of aliphatic carboxylic acids is 1. The number of benzene rings is 1. The first-order valence-corrected chi connectivity index (χ1v) is 8.24. The van der Waals surface area contributed by atoms with Crippen molar-refractivity contribution in [2.45, 2.75) is 18.2 Å². The summed E-state index contributed by atoms with van der Waals surface area (Å²) in [7, 11) is 1.40. The van der Waals surface area contributed by atoms with Crippen molar-refractivity contribution in [2.24, 2.45) is 0 Å². The van der Waals surface area contributed by atoms with E-state index in [9.17, 15) is 19.5 Å². The number of hydrogen-bond donors (Lipinski definition) is 3. The number of nitrogens with one attached hydrogen (secondary N) is 1. The number of phenols is 1. The van der Waals surface area contributed by atoms with E-state index in [-0.39, 0.29) is 35.8 Å². The highest BCUT2D eigenvalue weighted by Crippen LogP contribution is 2.32. The number of ether oxygens (including phenoxy) is 2. The number of fused-ring (bicyclic) bond motifs is 1. The van der Waals surface area contributed by atoms with Gasteiger partial charge < -0.3 is 25.0 Å². The normalized spacial score (nSPS) is 19.1. The van der Waals surface area contributed by atoms with E-state index in [1.807, 2.05) is 0 Å². The molecule has 1 aliphatic rings. The Kier molecular flexibility index (Phi) is 5.91. The molecule has 0 aromatic heterocycles. The number of amides is 1. The predicted molar refractivity (Wildman–Crippen MR) is 85.3 cm³/mol. The summed E-state index contributed by atoms with van der Waals surface area (Å²) in [6.45, 7) is -0.193. The number of rotatable bonds is 2. The van der Waals surface area contributed by atoms with Crippen molar-refractivity contribution >= 4 is 29.6 Å². The standard InChI is InChI=1S/C15H17NO7S/c1-22-8-4-9-10(12(17)5-8)6-24-7-11(14(19)20)16-13(18)2-3-23-15(9)21/h4-5,11,17H,2-3,6-7H2,1H3,(H,16,18)(H,19,20). The van der Waals surface area contributed by atoms with E-state index < -0.39 is 23.9 Å². The summed E-state index contributed by atoms with van der Waals surface area (Å²) < 4.78 is 10.1. The lowest BCUT2D eigenvalue weighted by molar-refractivity contribution is -0.141. The number of phenolic OH excluding ortho intramolecular Hbond substituents is 1. The Morgan fingerprint density at radius 3 is 2.83 bits per heavy atom. The quantitative estimate of drug-likeness (QED) is 0.665. The molecule has 1 aromatic rings. The molecule has 0 spiro atoms. The van der Waals surface area contributed by atoms with Crippen molar-refractivity contribution in [2.75, 3.05) is 19.5 Å². The highest BCUT2D eigenvalue weighted by Gasteiger charge is 2.24. The van der Waals surface area contributed by atoms with Gasteiger partial charge in [0.2, 0.25) is 5.91 Å². The third-order valence-electron chi connectivity index (χ3n) is 3.38. The summed E-state index contributed by atoms with van der Waals surface area (Å²) in [5.74, 6) is -1.90. The molecule has 1 heterocycles. The van der Waals surface area contributed by atoms with Crippen LogP contribution in [0.4, 0.5) is 0 Å². The number of cyclic esters (lactones) is 1. The van der Waals surface area contributed by atoms with Crippen LogP contribution in [0, 0.1) is 0 Å². The zero-order chi connectivity index (χ0) is 17.7. The molecule has 1 unspecified atom stereocenters. The van der Waals surface area contributed by atoms with Gasteiger partial charge in [-0.25, -0.2) is 9.59 Å². The van der Waals surface area contributed by atoms with E-state index in [1.165, 1.54) is 31.0 Å². The molecular formula is C15H17NO7S. The third-order valence-corrected chi connectivity index (χ3v) is 4.44. The lowest BCUT2D eigenvalue weighted by atomic mass is 10.1. The monoisotopic (exact) mass is 355 g/mol. The fourth-order valence-electron chi connectivity index (χ4n) is 2.12. The Balaban J connectivity index is 2.32. The molecule has 0 saturated carbocycles. The molecule has 0 radical (unpaired) electrons. The Labute approximate surface area is 142 Å². The number of carbonyl (C=O) groups excluding carboxylic acids is 2. The van der Waals surface area contributed by atoms with E-state index in [2.05, 4.69) is 5.32 Å². The van der Waals surface area contributed by atoms with E-state index in [0.717, 1.165) is 0 Å². The second kappa shape index (κ2) is 7.91. The van der Waals surface area contributed by atoms with E-state index in [1.54, 1.807) is 0 Å². The first-order valence-electron chi connectivity index (χ1n) is 7.09. The number of thioether (sulfide) groups is 1. The molecule has 0 fully saturated rings. The van der Waals surface area contributed by atoms with Gasteiger partial charge in [-0.1, -0.05) is 0 Å². The van der Waals surface area contributed by atoms with Crippen LogP contribution < -0.4 is 10.1 Å². The van der Waals surface area contributed by atoms with Crippen LogP contribution in [0.2, 0.25) is 0 Å². The van der Waals surface area contributed by atoms with Gasteiger partial charge in [-0.2, -0.15) is 11.8 Å². The smallest absolute Gasteiger partial charge is 0.338 e. The van der Waals surface area contributed by atoms with Crippen molar-refractivity contribution in [3.8, 4) is 11.5 Å². The predicted octanol–water partition coefficient (Wildman–Crippen LogP) is 0.764. The minimum Gasteiger partial charge on any atom is -0.507 e. The number of carboxylic acid groups (broad SMARTS) is 1. The molecule has 9 heteroatoms. The summed E-state index contributed by atoms with van der Waals surface area (Å²) in [4.78, 5) is 35.1. The van der Waals surface area contributed by atoms with Gasteiger partial charge in [0.1, 0.15) is 24.1 Å². The SMILES string of the molecule is COc1cc(O)c2c(c1)C(=O)OCCC(=O)NC(C(=O)O)CSC2. The van der Waals surface area contributed by atoms with Gasteiger partial charge in [-0.05, 0) is 6.07 Å². The zero-order valence-electron chi connectivity index (χ0n) is 12.9. The molecule has 3 N–H and O–H groups in total. The average Bonchev–Trinajstić information content (AvgIpc) is 2.53. The van der Waals surface area contributed by atoms with Crippen LogP contribution in [-0.4, -0.2) is 53.6 Å². The van der Waals surface area contributed by atoms with Crippen molar-refractivity contribution in [3.05, 3.63) is 23.3 Å². The van der Waals surface area contributed by atoms with Crippen LogP contribution in [0.15, 0.2) is 12.1 Å². The lowest BCUT2D eigenvalue weighted by Gasteiger charge is -2.17. The Morgan fingerprint density at radius 1 is 1.42 bits per heavy atom. The Morgan fingerprint density at radius 2 is 2.17 bits per heavy atom. The Bertz CT molecular complexity index is 661. The van der Waals surface area contributed by atoms with Crippen molar-refractivity contribution in [1.29, 1.82) is 0 Å². The van der Waals surface area contributed by atoms with Crippen molar-refractivity contribution < 1.29 is 34.1 Å².